The first kappa shape index (κ1) is 13.5. The number of nitrogens with zero attached hydrogens (tertiary/aromatic N) is 1. The number of aliphatic carboxylic acids is 1. The lowest BCUT2D eigenvalue weighted by molar-refractivity contribution is -0.139. The number of rotatable bonds is 5. The second-order valence-electron chi connectivity index (χ2n) is 4.88. The van der Waals surface area contributed by atoms with Gasteiger partial charge in [0, 0.05) is 13.0 Å². The lowest BCUT2D eigenvalue weighted by Crippen LogP contribution is -2.32. The highest BCUT2D eigenvalue weighted by molar-refractivity contribution is 5.80. The Morgan fingerprint density at radius 2 is 2.11 bits per heavy atom. The summed E-state index contributed by atoms with van der Waals surface area (Å²) in [7, 11) is 0. The summed E-state index contributed by atoms with van der Waals surface area (Å²) < 4.78 is 0. The highest BCUT2D eigenvalue weighted by Crippen LogP contribution is 2.30. The Hall–Kier alpha value is -1.88. The Balaban J connectivity index is 2.23. The van der Waals surface area contributed by atoms with Crippen LogP contribution in [-0.4, -0.2) is 35.0 Å². The maximum atomic E-state index is 12.0. The maximum absolute atomic E-state index is 12.0. The minimum Gasteiger partial charge on any atom is -0.481 e. The number of hydrogen-bond acceptors (Lipinski definition) is 3. The third-order valence-corrected chi connectivity index (χ3v) is 3.50. The molecule has 2 atom stereocenters. The van der Waals surface area contributed by atoms with Gasteiger partial charge in [0.1, 0.15) is 0 Å². The summed E-state index contributed by atoms with van der Waals surface area (Å²) >= 11 is 0. The number of benzene rings is 1. The highest BCUT2D eigenvalue weighted by atomic mass is 16.4. The van der Waals surface area contributed by atoms with E-state index in [2.05, 4.69) is 0 Å². The van der Waals surface area contributed by atoms with Gasteiger partial charge in [0.2, 0.25) is 5.91 Å². The number of nitrogens with two attached hydrogens (primary N) is 1. The van der Waals surface area contributed by atoms with Crippen molar-refractivity contribution in [2.24, 2.45) is 11.7 Å². The zero-order valence-corrected chi connectivity index (χ0v) is 10.7. The molecule has 1 amide bonds. The molecule has 0 aromatic heterocycles. The molecule has 102 valence electrons. The highest BCUT2D eigenvalue weighted by Gasteiger charge is 2.35. The second kappa shape index (κ2) is 5.84. The number of amides is 1. The smallest absolute Gasteiger partial charge is 0.305 e. The van der Waals surface area contributed by atoms with Crippen molar-refractivity contribution in [3.63, 3.8) is 0 Å². The lowest BCUT2D eigenvalue weighted by Gasteiger charge is -2.27. The van der Waals surface area contributed by atoms with Crippen LogP contribution in [0.4, 0.5) is 0 Å². The molecule has 19 heavy (non-hydrogen) atoms. The van der Waals surface area contributed by atoms with Crippen LogP contribution in [0.1, 0.15) is 24.4 Å². The van der Waals surface area contributed by atoms with Gasteiger partial charge >= 0.3 is 5.97 Å². The molecule has 0 bridgehead atoms. The van der Waals surface area contributed by atoms with E-state index in [1.165, 1.54) is 0 Å². The number of carbonyl (C=O) groups is 2. The van der Waals surface area contributed by atoms with Gasteiger partial charge < -0.3 is 15.7 Å². The van der Waals surface area contributed by atoms with Gasteiger partial charge in [-0.05, 0) is 18.0 Å². The average Bonchev–Trinajstić information content (AvgIpc) is 2.78. The van der Waals surface area contributed by atoms with Gasteiger partial charge in [0.15, 0.2) is 0 Å². The van der Waals surface area contributed by atoms with E-state index >= 15 is 0 Å². The first-order valence-corrected chi connectivity index (χ1v) is 6.38. The van der Waals surface area contributed by atoms with Crippen molar-refractivity contribution in [1.82, 2.24) is 4.90 Å². The van der Waals surface area contributed by atoms with E-state index in [1.54, 1.807) is 4.90 Å². The predicted octanol–water partition coefficient (Wildman–Crippen LogP) is 1.01. The van der Waals surface area contributed by atoms with E-state index in [9.17, 15) is 9.59 Å². The average molecular weight is 262 g/mol. The fourth-order valence-corrected chi connectivity index (χ4v) is 2.52. The normalized spacial score (nSPS) is 20.6. The van der Waals surface area contributed by atoms with Crippen LogP contribution < -0.4 is 5.73 Å². The molecule has 1 heterocycles. The van der Waals surface area contributed by atoms with Crippen LogP contribution in [0.2, 0.25) is 0 Å². The molecule has 5 heteroatoms. The molecule has 1 aromatic carbocycles. The second-order valence-corrected chi connectivity index (χ2v) is 4.88. The van der Waals surface area contributed by atoms with Gasteiger partial charge in [-0.2, -0.15) is 0 Å². The van der Waals surface area contributed by atoms with E-state index in [0.717, 1.165) is 5.56 Å². The first-order valence-electron chi connectivity index (χ1n) is 6.38. The minimum atomic E-state index is -0.905. The monoisotopic (exact) mass is 262 g/mol. The fourth-order valence-electron chi connectivity index (χ4n) is 2.52. The molecular formula is C14H18N2O3. The molecule has 0 saturated carbocycles. The summed E-state index contributed by atoms with van der Waals surface area (Å²) in [4.78, 5) is 24.7. The first-order chi connectivity index (χ1) is 9.11. The van der Waals surface area contributed by atoms with E-state index in [4.69, 9.17) is 10.8 Å². The Morgan fingerprint density at radius 1 is 1.42 bits per heavy atom. The molecular weight excluding hydrogens is 244 g/mol. The number of carbonyl (C=O) groups excluding carboxylic acids is 1. The van der Waals surface area contributed by atoms with Gasteiger partial charge in [-0.1, -0.05) is 30.3 Å². The number of hydrogen-bond donors (Lipinski definition) is 2. The fraction of sp³-hybridized carbons (Fsp3) is 0.429. The van der Waals surface area contributed by atoms with Crippen LogP contribution in [0.5, 0.6) is 0 Å². The van der Waals surface area contributed by atoms with Crippen LogP contribution >= 0.6 is 0 Å². The Labute approximate surface area is 112 Å². The summed E-state index contributed by atoms with van der Waals surface area (Å²) in [5.41, 5.74) is 6.46. The van der Waals surface area contributed by atoms with Gasteiger partial charge in [0.05, 0.1) is 12.5 Å². The molecule has 2 unspecified atom stereocenters. The van der Waals surface area contributed by atoms with Gasteiger partial charge in [-0.15, -0.1) is 0 Å². The topological polar surface area (TPSA) is 83.6 Å². The molecule has 0 spiro atoms. The van der Waals surface area contributed by atoms with Crippen LogP contribution in [0.25, 0.3) is 0 Å². The Kier molecular flexibility index (Phi) is 4.16. The standard InChI is InChI=1S/C14H18N2O3/c15-8-10-6-13(17)16(9-10)12(7-14(18)19)11-4-2-1-3-5-11/h1-5,10,12H,6-9,15H2,(H,18,19). The third-order valence-electron chi connectivity index (χ3n) is 3.50. The SMILES string of the molecule is NCC1CC(=O)N(C(CC(=O)O)c2ccccc2)C1. The van der Waals surface area contributed by atoms with Gasteiger partial charge in [-0.25, -0.2) is 0 Å². The molecule has 0 aliphatic carbocycles. The molecule has 1 fully saturated rings. The van der Waals surface area contributed by atoms with Gasteiger partial charge in [0.25, 0.3) is 0 Å². The van der Waals surface area contributed by atoms with Crippen molar-refractivity contribution >= 4 is 11.9 Å². The predicted molar refractivity (Wildman–Crippen MR) is 70.3 cm³/mol. The van der Waals surface area contributed by atoms with Crippen LogP contribution in [0.15, 0.2) is 30.3 Å². The molecule has 1 aliphatic heterocycles. The van der Waals surface area contributed by atoms with E-state index in [1.807, 2.05) is 30.3 Å². The van der Waals surface area contributed by atoms with E-state index in [-0.39, 0.29) is 18.2 Å². The Morgan fingerprint density at radius 3 is 2.63 bits per heavy atom. The largest absolute Gasteiger partial charge is 0.481 e. The van der Waals surface area contributed by atoms with Crippen molar-refractivity contribution in [2.75, 3.05) is 13.1 Å². The van der Waals surface area contributed by atoms with Gasteiger partial charge in [-0.3, -0.25) is 9.59 Å². The molecule has 0 radical (unpaired) electrons. The van der Waals surface area contributed by atoms with Crippen molar-refractivity contribution in [1.29, 1.82) is 0 Å². The zero-order chi connectivity index (χ0) is 13.8. The van der Waals surface area contributed by atoms with E-state index in [0.29, 0.717) is 19.5 Å². The summed E-state index contributed by atoms with van der Waals surface area (Å²) in [6.07, 6.45) is 0.340. The summed E-state index contributed by atoms with van der Waals surface area (Å²) in [6.45, 7) is 0.999. The number of carboxylic acids is 1. The van der Waals surface area contributed by atoms with E-state index < -0.39 is 12.0 Å². The van der Waals surface area contributed by atoms with Crippen LogP contribution in [0.3, 0.4) is 0 Å². The minimum absolute atomic E-state index is 0.00875. The van der Waals surface area contributed by atoms with Crippen LogP contribution in [0, 0.1) is 5.92 Å². The third kappa shape index (κ3) is 3.12. The maximum Gasteiger partial charge on any atom is 0.305 e. The molecule has 1 saturated heterocycles. The quantitative estimate of drug-likeness (QED) is 0.829. The molecule has 2 rings (SSSR count). The molecule has 5 nitrogen and oxygen atoms in total. The number of likely N-dealkylation sites (tertiary alicyclic amines) is 1. The van der Waals surface area contributed by atoms with Crippen LogP contribution in [-0.2, 0) is 9.59 Å². The summed E-state index contributed by atoms with van der Waals surface area (Å²) in [5.74, 6) is -0.782. The van der Waals surface area contributed by atoms with Crippen molar-refractivity contribution in [3.05, 3.63) is 35.9 Å². The molecule has 1 aliphatic rings. The summed E-state index contributed by atoms with van der Waals surface area (Å²) in [6, 6.07) is 8.89. The van der Waals surface area contributed by atoms with Crippen molar-refractivity contribution in [2.45, 2.75) is 18.9 Å². The summed E-state index contributed by atoms with van der Waals surface area (Å²) in [5, 5.41) is 9.05. The molecule has 1 aromatic rings. The van der Waals surface area contributed by atoms with Crippen molar-refractivity contribution in [3.8, 4) is 0 Å². The molecule has 3 N–H and O–H groups in total. The Bertz CT molecular complexity index is 461. The van der Waals surface area contributed by atoms with Crippen molar-refractivity contribution < 1.29 is 14.7 Å². The number of carboxylic acid groups (broad SMARTS) is 1. The zero-order valence-electron chi connectivity index (χ0n) is 10.7. The lowest BCUT2D eigenvalue weighted by atomic mass is 10.0.